The fourth-order valence-electron chi connectivity index (χ4n) is 6.86. The molecule has 0 radical (unpaired) electrons. The van der Waals surface area contributed by atoms with E-state index in [4.69, 9.17) is 4.74 Å². The Morgan fingerprint density at radius 1 is 0.509 bits per heavy atom. The predicted molar refractivity (Wildman–Crippen MR) is 227 cm³/mol. The van der Waals surface area contributed by atoms with Gasteiger partial charge in [0.2, 0.25) is 5.91 Å². The van der Waals surface area contributed by atoms with E-state index in [1.165, 1.54) is 128 Å². The second-order valence-electron chi connectivity index (χ2n) is 15.7. The van der Waals surface area contributed by atoms with E-state index in [1.807, 2.05) is 0 Å². The zero-order valence-electron chi connectivity index (χ0n) is 35.2. The molecule has 53 heavy (non-hydrogen) atoms. The summed E-state index contributed by atoms with van der Waals surface area (Å²) in [5.41, 5.74) is 0. The van der Waals surface area contributed by atoms with E-state index >= 15 is 0 Å². The van der Waals surface area contributed by atoms with Crippen LogP contribution in [0, 0.1) is 0 Å². The van der Waals surface area contributed by atoms with Gasteiger partial charge in [-0.1, -0.05) is 173 Å². The standard InChI is InChI=1S/C47H89NO5/c1-3-5-7-9-11-13-14-15-16-17-18-19-20-25-29-33-37-41-47(52)53-42-38-34-30-26-22-21-24-28-32-36-40-46(51)48-44(43-49)45(50)39-35-31-27-23-12-10-8-6-4-2/h15-16,22,26,44-45,49-50H,3-14,17-21,23-25,27-43H2,1-2H3,(H,48,51)/b16-15-,26-22-. The minimum absolute atomic E-state index is 0.0408. The van der Waals surface area contributed by atoms with E-state index in [9.17, 15) is 19.8 Å². The van der Waals surface area contributed by atoms with Crippen LogP contribution in [0.25, 0.3) is 0 Å². The first-order valence-corrected chi connectivity index (χ1v) is 23.1. The van der Waals surface area contributed by atoms with Gasteiger partial charge < -0.3 is 20.3 Å². The normalized spacial score (nSPS) is 12.9. The third kappa shape index (κ3) is 39.8. The first kappa shape index (κ1) is 51.3. The van der Waals surface area contributed by atoms with E-state index < -0.39 is 12.1 Å². The van der Waals surface area contributed by atoms with Gasteiger partial charge in [0, 0.05) is 12.8 Å². The smallest absolute Gasteiger partial charge is 0.305 e. The molecule has 0 aliphatic carbocycles. The highest BCUT2D eigenvalue weighted by Crippen LogP contribution is 2.14. The fraction of sp³-hybridized carbons (Fsp3) is 0.872. The predicted octanol–water partition coefficient (Wildman–Crippen LogP) is 13.2. The third-order valence-corrected chi connectivity index (χ3v) is 10.5. The molecule has 0 heterocycles. The van der Waals surface area contributed by atoms with Crippen molar-refractivity contribution in [3.8, 4) is 0 Å². The molecule has 0 aliphatic rings. The van der Waals surface area contributed by atoms with Gasteiger partial charge in [-0.05, 0) is 77.0 Å². The molecule has 0 rings (SSSR count). The Bertz CT molecular complexity index is 828. The largest absolute Gasteiger partial charge is 0.466 e. The summed E-state index contributed by atoms with van der Waals surface area (Å²) in [4.78, 5) is 24.4. The molecule has 0 aromatic heterocycles. The van der Waals surface area contributed by atoms with Crippen molar-refractivity contribution in [3.63, 3.8) is 0 Å². The van der Waals surface area contributed by atoms with E-state index in [0.717, 1.165) is 77.0 Å². The molecule has 2 unspecified atom stereocenters. The minimum Gasteiger partial charge on any atom is -0.466 e. The second kappa shape index (κ2) is 43.1. The molecule has 2 atom stereocenters. The van der Waals surface area contributed by atoms with Gasteiger partial charge >= 0.3 is 5.97 Å². The molecular formula is C47H89NO5. The number of amides is 1. The molecule has 6 heteroatoms. The van der Waals surface area contributed by atoms with Crippen LogP contribution in [0.3, 0.4) is 0 Å². The third-order valence-electron chi connectivity index (χ3n) is 10.5. The number of carbonyl (C=O) groups is 2. The average Bonchev–Trinajstić information content (AvgIpc) is 3.16. The number of esters is 1. The number of rotatable bonds is 42. The molecule has 0 aliphatic heterocycles. The van der Waals surface area contributed by atoms with Gasteiger partial charge in [-0.25, -0.2) is 0 Å². The summed E-state index contributed by atoms with van der Waals surface area (Å²) in [5.74, 6) is -0.115. The topological polar surface area (TPSA) is 95.9 Å². The van der Waals surface area contributed by atoms with E-state index in [-0.39, 0.29) is 18.5 Å². The Balaban J connectivity index is 3.51. The molecule has 1 amide bonds. The summed E-state index contributed by atoms with van der Waals surface area (Å²) in [5, 5.41) is 23.0. The second-order valence-corrected chi connectivity index (χ2v) is 15.7. The van der Waals surface area contributed by atoms with Crippen LogP contribution < -0.4 is 5.32 Å². The van der Waals surface area contributed by atoms with Gasteiger partial charge in [-0.3, -0.25) is 9.59 Å². The Morgan fingerprint density at radius 3 is 1.34 bits per heavy atom. The Labute approximate surface area is 329 Å². The minimum atomic E-state index is -0.683. The molecule has 0 fully saturated rings. The van der Waals surface area contributed by atoms with Crippen LogP contribution in [-0.2, 0) is 14.3 Å². The summed E-state index contributed by atoms with van der Waals surface area (Å²) in [6, 6.07) is -0.564. The monoisotopic (exact) mass is 748 g/mol. The number of aliphatic hydroxyl groups is 2. The van der Waals surface area contributed by atoms with E-state index in [1.54, 1.807) is 0 Å². The van der Waals surface area contributed by atoms with E-state index in [0.29, 0.717) is 25.9 Å². The van der Waals surface area contributed by atoms with Crippen LogP contribution in [0.2, 0.25) is 0 Å². The van der Waals surface area contributed by atoms with Crippen LogP contribution in [0.1, 0.15) is 239 Å². The summed E-state index contributed by atoms with van der Waals surface area (Å²) in [6.07, 6.45) is 48.6. The lowest BCUT2D eigenvalue weighted by atomic mass is 10.0. The van der Waals surface area contributed by atoms with Gasteiger partial charge in [-0.2, -0.15) is 0 Å². The van der Waals surface area contributed by atoms with Crippen LogP contribution in [0.5, 0.6) is 0 Å². The van der Waals surface area contributed by atoms with Crippen LogP contribution in [0.15, 0.2) is 24.3 Å². The molecule has 3 N–H and O–H groups in total. The molecule has 0 aromatic carbocycles. The summed E-state index contributed by atoms with van der Waals surface area (Å²) in [7, 11) is 0. The lowest BCUT2D eigenvalue weighted by Gasteiger charge is -2.22. The Morgan fingerprint density at radius 2 is 0.887 bits per heavy atom. The van der Waals surface area contributed by atoms with Gasteiger partial charge in [0.25, 0.3) is 0 Å². The number of carbonyl (C=O) groups excluding carboxylic acids is 2. The van der Waals surface area contributed by atoms with Gasteiger partial charge in [0.15, 0.2) is 0 Å². The SMILES string of the molecule is CCCCCCCC/C=C\CCCCCCCCCC(=O)OCCCC/C=C\CCCCCCC(=O)NC(CO)C(O)CCCCCCCCCCC. The van der Waals surface area contributed by atoms with Crippen LogP contribution in [0.4, 0.5) is 0 Å². The zero-order valence-corrected chi connectivity index (χ0v) is 35.2. The number of ether oxygens (including phenoxy) is 1. The quantitative estimate of drug-likeness (QED) is 0.0328. The molecule has 0 bridgehead atoms. The maximum Gasteiger partial charge on any atom is 0.305 e. The lowest BCUT2D eigenvalue weighted by Crippen LogP contribution is -2.45. The maximum absolute atomic E-state index is 12.3. The molecule has 0 aromatic rings. The van der Waals surface area contributed by atoms with Crippen LogP contribution >= 0.6 is 0 Å². The van der Waals surface area contributed by atoms with Gasteiger partial charge in [0.05, 0.1) is 25.4 Å². The Hall–Kier alpha value is -1.66. The molecule has 0 saturated heterocycles. The van der Waals surface area contributed by atoms with Crippen molar-refractivity contribution in [1.82, 2.24) is 5.32 Å². The van der Waals surface area contributed by atoms with Crippen molar-refractivity contribution in [2.24, 2.45) is 0 Å². The van der Waals surface area contributed by atoms with Crippen molar-refractivity contribution in [1.29, 1.82) is 0 Å². The molecule has 0 spiro atoms. The van der Waals surface area contributed by atoms with Crippen molar-refractivity contribution in [2.75, 3.05) is 13.2 Å². The summed E-state index contributed by atoms with van der Waals surface area (Å²) < 4.78 is 5.43. The number of unbranched alkanes of at least 4 members (excludes halogenated alkanes) is 27. The lowest BCUT2D eigenvalue weighted by molar-refractivity contribution is -0.143. The highest BCUT2D eigenvalue weighted by Gasteiger charge is 2.20. The molecule has 0 saturated carbocycles. The van der Waals surface area contributed by atoms with E-state index in [2.05, 4.69) is 43.5 Å². The van der Waals surface area contributed by atoms with Crippen molar-refractivity contribution in [2.45, 2.75) is 251 Å². The first-order valence-electron chi connectivity index (χ1n) is 23.1. The number of aliphatic hydroxyl groups excluding tert-OH is 2. The zero-order chi connectivity index (χ0) is 38.7. The summed E-state index contributed by atoms with van der Waals surface area (Å²) in [6.45, 7) is 4.82. The van der Waals surface area contributed by atoms with Crippen LogP contribution in [-0.4, -0.2) is 47.4 Å². The Kier molecular flexibility index (Phi) is 41.7. The maximum atomic E-state index is 12.3. The molecule has 6 nitrogen and oxygen atoms in total. The highest BCUT2D eigenvalue weighted by molar-refractivity contribution is 5.76. The number of allylic oxidation sites excluding steroid dienone is 4. The van der Waals surface area contributed by atoms with Gasteiger partial charge in [0.1, 0.15) is 0 Å². The van der Waals surface area contributed by atoms with Crippen molar-refractivity contribution in [3.05, 3.63) is 24.3 Å². The fourth-order valence-corrected chi connectivity index (χ4v) is 6.86. The molecule has 312 valence electrons. The van der Waals surface area contributed by atoms with Crippen molar-refractivity contribution < 1.29 is 24.5 Å². The number of nitrogens with one attached hydrogen (secondary N) is 1. The average molecular weight is 748 g/mol. The summed E-state index contributed by atoms with van der Waals surface area (Å²) >= 11 is 0. The van der Waals surface area contributed by atoms with Crippen molar-refractivity contribution >= 4 is 11.9 Å². The number of hydrogen-bond donors (Lipinski definition) is 3. The first-order chi connectivity index (χ1) is 26.0. The number of hydrogen-bond acceptors (Lipinski definition) is 5. The highest BCUT2D eigenvalue weighted by atomic mass is 16.5. The van der Waals surface area contributed by atoms with Gasteiger partial charge in [-0.15, -0.1) is 0 Å². The molecular weight excluding hydrogens is 659 g/mol.